The van der Waals surface area contributed by atoms with Gasteiger partial charge in [-0.2, -0.15) is 9.36 Å². The van der Waals surface area contributed by atoms with E-state index in [1.807, 2.05) is 0 Å². The van der Waals surface area contributed by atoms with Gasteiger partial charge in [0.1, 0.15) is 5.69 Å². The number of rotatable bonds is 3. The fourth-order valence-electron chi connectivity index (χ4n) is 1.44. The Morgan fingerprint density at radius 3 is 2.53 bits per heavy atom. The van der Waals surface area contributed by atoms with Crippen molar-refractivity contribution in [3.05, 3.63) is 38.2 Å². The molecule has 0 spiro atoms. The summed E-state index contributed by atoms with van der Waals surface area (Å²) >= 11 is 11.9. The molecule has 2 rings (SSSR count). The van der Waals surface area contributed by atoms with E-state index in [2.05, 4.69) is 10.4 Å². The maximum atomic E-state index is 11.8. The Morgan fingerprint density at radius 2 is 2.00 bits per heavy atom. The molecule has 0 saturated heterocycles. The fourth-order valence-corrected chi connectivity index (χ4v) is 2.07. The highest BCUT2D eigenvalue weighted by Gasteiger charge is 2.20. The summed E-state index contributed by atoms with van der Waals surface area (Å²) in [5, 5.41) is 7.07. The summed E-state index contributed by atoms with van der Waals surface area (Å²) in [7, 11) is 1.40. The number of halogens is 2. The van der Waals surface area contributed by atoms with Crippen molar-refractivity contribution < 1.29 is 9.59 Å². The number of aldehydes is 1. The van der Waals surface area contributed by atoms with E-state index < -0.39 is 11.5 Å². The quantitative estimate of drug-likeness (QED) is 0.472. The van der Waals surface area contributed by atoms with Gasteiger partial charge in [-0.25, -0.2) is 4.79 Å². The van der Waals surface area contributed by atoms with Gasteiger partial charge in [-0.05, 0) is 22.6 Å². The van der Waals surface area contributed by atoms with Crippen LogP contribution >= 0.6 is 23.2 Å². The zero-order valence-electron chi connectivity index (χ0n) is 9.50. The molecule has 98 valence electrons. The van der Waals surface area contributed by atoms with Crippen molar-refractivity contribution in [2.45, 2.75) is 0 Å². The standard InChI is InChI=1S/C10H6Cl2N4O3/c1-15-10(19)16(14-13-15)9-6(11)3-2-5(8(9)12)7(18)4-17/h2-4H,1H3. The van der Waals surface area contributed by atoms with Crippen molar-refractivity contribution >= 4 is 35.3 Å². The first kappa shape index (κ1) is 13.4. The number of hydrogen-bond donors (Lipinski definition) is 0. The first-order valence-electron chi connectivity index (χ1n) is 4.94. The second-order valence-electron chi connectivity index (χ2n) is 3.54. The van der Waals surface area contributed by atoms with Crippen LogP contribution in [0, 0.1) is 0 Å². The molecule has 0 bridgehead atoms. The Bertz CT molecular complexity index is 735. The van der Waals surface area contributed by atoms with Gasteiger partial charge in [0.05, 0.1) is 10.0 Å². The molecule has 0 amide bonds. The van der Waals surface area contributed by atoms with E-state index in [1.165, 1.54) is 19.2 Å². The molecular formula is C10H6Cl2N4O3. The summed E-state index contributed by atoms with van der Waals surface area (Å²) in [6.45, 7) is 0. The van der Waals surface area contributed by atoms with Crippen molar-refractivity contribution in [3.63, 3.8) is 0 Å². The maximum absolute atomic E-state index is 11.8. The van der Waals surface area contributed by atoms with E-state index >= 15 is 0 Å². The summed E-state index contributed by atoms with van der Waals surface area (Å²) in [5.41, 5.74) is -0.637. The number of aryl methyl sites for hydroxylation is 1. The SMILES string of the molecule is Cn1nnn(-c2c(Cl)ccc(C(=O)C=O)c2Cl)c1=O. The minimum Gasteiger partial charge on any atom is -0.294 e. The third kappa shape index (κ3) is 2.18. The van der Waals surface area contributed by atoms with Crippen molar-refractivity contribution in [1.29, 1.82) is 0 Å². The summed E-state index contributed by atoms with van der Waals surface area (Å²) in [4.78, 5) is 33.7. The topological polar surface area (TPSA) is 86.8 Å². The number of Topliss-reactive ketones (excluding diaryl/α,β-unsaturated/α-hetero) is 1. The van der Waals surface area contributed by atoms with Gasteiger partial charge in [0, 0.05) is 12.6 Å². The molecule has 0 N–H and O–H groups in total. The van der Waals surface area contributed by atoms with E-state index in [0.717, 1.165) is 9.36 Å². The lowest BCUT2D eigenvalue weighted by molar-refractivity contribution is -0.104. The summed E-state index contributed by atoms with van der Waals surface area (Å²) in [6, 6.07) is 2.65. The normalized spacial score (nSPS) is 10.5. The molecule has 1 aromatic carbocycles. The minimum atomic E-state index is -0.820. The lowest BCUT2D eigenvalue weighted by atomic mass is 10.1. The predicted molar refractivity (Wildman–Crippen MR) is 67.0 cm³/mol. The van der Waals surface area contributed by atoms with E-state index in [1.54, 1.807) is 0 Å². The molecule has 7 nitrogen and oxygen atoms in total. The number of benzene rings is 1. The van der Waals surface area contributed by atoms with Crippen LogP contribution in [0.1, 0.15) is 10.4 Å². The predicted octanol–water partition coefficient (Wildman–Crippen LogP) is 0.654. The van der Waals surface area contributed by atoms with Crippen LogP contribution < -0.4 is 5.69 Å². The average Bonchev–Trinajstić information content (AvgIpc) is 2.70. The molecule has 0 fully saturated rings. The highest BCUT2D eigenvalue weighted by Crippen LogP contribution is 2.30. The van der Waals surface area contributed by atoms with Crippen molar-refractivity contribution in [2.75, 3.05) is 0 Å². The molecule has 9 heteroatoms. The van der Waals surface area contributed by atoms with Crippen LogP contribution in [0.5, 0.6) is 0 Å². The monoisotopic (exact) mass is 300 g/mol. The molecule has 0 atom stereocenters. The Hall–Kier alpha value is -1.99. The van der Waals surface area contributed by atoms with Crippen LogP contribution in [-0.2, 0) is 11.8 Å². The van der Waals surface area contributed by atoms with Gasteiger partial charge in [-0.1, -0.05) is 23.2 Å². The van der Waals surface area contributed by atoms with Gasteiger partial charge in [0.2, 0.25) is 5.78 Å². The highest BCUT2D eigenvalue weighted by molar-refractivity contribution is 6.44. The molecule has 1 aromatic heterocycles. The first-order chi connectivity index (χ1) is 8.97. The number of nitrogens with zero attached hydrogens (tertiary/aromatic N) is 4. The number of carbonyl (C=O) groups excluding carboxylic acids is 2. The van der Waals surface area contributed by atoms with Crippen LogP contribution in [0.3, 0.4) is 0 Å². The van der Waals surface area contributed by atoms with Gasteiger partial charge in [0.25, 0.3) is 0 Å². The summed E-state index contributed by atoms with van der Waals surface area (Å²) in [5.74, 6) is -0.820. The maximum Gasteiger partial charge on any atom is 0.368 e. The molecule has 0 aliphatic heterocycles. The summed E-state index contributed by atoms with van der Waals surface area (Å²) < 4.78 is 1.83. The lowest BCUT2D eigenvalue weighted by Gasteiger charge is -2.07. The molecule has 0 radical (unpaired) electrons. The van der Waals surface area contributed by atoms with E-state index in [-0.39, 0.29) is 27.6 Å². The highest BCUT2D eigenvalue weighted by atomic mass is 35.5. The third-order valence-electron chi connectivity index (χ3n) is 2.37. The molecule has 2 aromatic rings. The zero-order chi connectivity index (χ0) is 14.2. The fraction of sp³-hybridized carbons (Fsp3) is 0.100. The van der Waals surface area contributed by atoms with Crippen LogP contribution in [0.4, 0.5) is 0 Å². The van der Waals surface area contributed by atoms with Gasteiger partial charge in [0.15, 0.2) is 6.29 Å². The Balaban J connectivity index is 2.77. The zero-order valence-corrected chi connectivity index (χ0v) is 11.0. The third-order valence-corrected chi connectivity index (χ3v) is 3.06. The molecule has 0 unspecified atom stereocenters. The van der Waals surface area contributed by atoms with E-state index in [9.17, 15) is 14.4 Å². The van der Waals surface area contributed by atoms with Crippen LogP contribution in [-0.4, -0.2) is 31.9 Å². The second kappa shape index (κ2) is 4.94. The van der Waals surface area contributed by atoms with Crippen LogP contribution in [0.25, 0.3) is 5.69 Å². The Labute approximate surface area is 116 Å². The number of ketones is 1. The van der Waals surface area contributed by atoms with Crippen molar-refractivity contribution in [1.82, 2.24) is 19.8 Å². The smallest absolute Gasteiger partial charge is 0.294 e. The molecule has 19 heavy (non-hydrogen) atoms. The van der Waals surface area contributed by atoms with Gasteiger partial charge >= 0.3 is 5.69 Å². The lowest BCUT2D eigenvalue weighted by Crippen LogP contribution is -2.23. The summed E-state index contributed by atoms with van der Waals surface area (Å²) in [6.07, 6.45) is 0.123. The minimum absolute atomic E-state index is 0.00846. The van der Waals surface area contributed by atoms with Crippen molar-refractivity contribution in [3.8, 4) is 5.69 Å². The average molecular weight is 301 g/mol. The van der Waals surface area contributed by atoms with E-state index in [0.29, 0.717) is 0 Å². The second-order valence-corrected chi connectivity index (χ2v) is 4.32. The molecule has 0 saturated carbocycles. The molecule has 0 aliphatic carbocycles. The van der Waals surface area contributed by atoms with Crippen molar-refractivity contribution in [2.24, 2.45) is 7.05 Å². The van der Waals surface area contributed by atoms with Crippen LogP contribution in [0.15, 0.2) is 16.9 Å². The van der Waals surface area contributed by atoms with Crippen LogP contribution in [0.2, 0.25) is 10.0 Å². The Kier molecular flexibility index (Phi) is 3.50. The van der Waals surface area contributed by atoms with Gasteiger partial charge < -0.3 is 0 Å². The first-order valence-corrected chi connectivity index (χ1v) is 5.70. The number of tetrazole rings is 1. The number of hydrogen-bond acceptors (Lipinski definition) is 5. The number of carbonyl (C=O) groups is 2. The number of aromatic nitrogens is 4. The molecule has 1 heterocycles. The molecule has 0 aliphatic rings. The molecular weight excluding hydrogens is 295 g/mol. The van der Waals surface area contributed by atoms with Gasteiger partial charge in [-0.3, -0.25) is 9.59 Å². The van der Waals surface area contributed by atoms with Gasteiger partial charge in [-0.15, -0.1) is 0 Å². The Morgan fingerprint density at radius 1 is 1.32 bits per heavy atom. The van der Waals surface area contributed by atoms with E-state index in [4.69, 9.17) is 23.2 Å². The largest absolute Gasteiger partial charge is 0.368 e.